The Morgan fingerprint density at radius 2 is 1.59 bits per heavy atom. The highest BCUT2D eigenvalue weighted by molar-refractivity contribution is 6.31. The molecule has 0 spiro atoms. The van der Waals surface area contributed by atoms with Crippen LogP contribution in [-0.2, 0) is 6.54 Å². The molecule has 0 atom stereocenters. The maximum atomic E-state index is 12.6. The molecule has 0 fully saturated rings. The second-order valence-corrected chi connectivity index (χ2v) is 7.22. The van der Waals surface area contributed by atoms with Crippen LogP contribution in [0.2, 0.25) is 5.02 Å². The minimum atomic E-state index is -0.188. The van der Waals surface area contributed by atoms with Gasteiger partial charge in [0.1, 0.15) is 0 Å². The monoisotopic (exact) mass is 401 g/mol. The van der Waals surface area contributed by atoms with Crippen molar-refractivity contribution in [3.63, 3.8) is 0 Å². The molecule has 0 aliphatic carbocycles. The quantitative estimate of drug-likeness (QED) is 0.458. The lowest BCUT2D eigenvalue weighted by Gasteiger charge is -2.06. The maximum Gasteiger partial charge on any atom is 0.256 e. The van der Waals surface area contributed by atoms with Crippen molar-refractivity contribution in [2.24, 2.45) is 0 Å². The molecular formula is C24H20ClN3O. The number of amides is 1. The molecule has 4 aromatic rings. The number of aromatic nitrogens is 2. The molecule has 29 heavy (non-hydrogen) atoms. The summed E-state index contributed by atoms with van der Waals surface area (Å²) in [5, 5.41) is 8.08. The van der Waals surface area contributed by atoms with Gasteiger partial charge in [-0.1, -0.05) is 72.3 Å². The highest BCUT2D eigenvalue weighted by Gasteiger charge is 2.11. The predicted octanol–water partition coefficient (Wildman–Crippen LogP) is 5.81. The van der Waals surface area contributed by atoms with Crippen LogP contribution in [0.1, 0.15) is 21.6 Å². The molecule has 144 valence electrons. The minimum Gasteiger partial charge on any atom is -0.305 e. The summed E-state index contributed by atoms with van der Waals surface area (Å²) < 4.78 is 1.83. The summed E-state index contributed by atoms with van der Waals surface area (Å²) in [7, 11) is 0. The number of benzene rings is 3. The third kappa shape index (κ3) is 4.39. The maximum absolute atomic E-state index is 12.6. The number of halogens is 1. The largest absolute Gasteiger partial charge is 0.305 e. The number of hydrogen-bond acceptors (Lipinski definition) is 2. The first-order chi connectivity index (χ1) is 14.1. The van der Waals surface area contributed by atoms with Crippen molar-refractivity contribution < 1.29 is 4.79 Å². The first-order valence-electron chi connectivity index (χ1n) is 9.35. The van der Waals surface area contributed by atoms with Crippen molar-refractivity contribution in [1.82, 2.24) is 9.78 Å². The van der Waals surface area contributed by atoms with Crippen molar-refractivity contribution in [3.8, 4) is 11.1 Å². The third-order valence-electron chi connectivity index (χ3n) is 4.75. The van der Waals surface area contributed by atoms with Gasteiger partial charge in [-0.2, -0.15) is 5.10 Å². The Labute approximate surface area is 174 Å². The topological polar surface area (TPSA) is 46.9 Å². The van der Waals surface area contributed by atoms with Crippen LogP contribution in [0.4, 0.5) is 5.82 Å². The summed E-state index contributed by atoms with van der Waals surface area (Å²) in [6, 6.07) is 27.1. The number of carbonyl (C=O) groups excluding carboxylic acids is 1. The van der Waals surface area contributed by atoms with E-state index >= 15 is 0 Å². The second kappa shape index (κ2) is 8.33. The molecule has 0 unspecified atom stereocenters. The van der Waals surface area contributed by atoms with Gasteiger partial charge in [-0.3, -0.25) is 9.48 Å². The molecule has 3 aromatic carbocycles. The summed E-state index contributed by atoms with van der Waals surface area (Å²) in [6.45, 7) is 2.50. The number of anilines is 1. The number of carbonyl (C=O) groups is 1. The molecule has 0 aliphatic rings. The van der Waals surface area contributed by atoms with Crippen LogP contribution in [0, 0.1) is 6.92 Å². The fourth-order valence-electron chi connectivity index (χ4n) is 3.15. The van der Waals surface area contributed by atoms with E-state index < -0.39 is 0 Å². The third-order valence-corrected chi connectivity index (χ3v) is 5.12. The summed E-state index contributed by atoms with van der Waals surface area (Å²) in [5.74, 6) is 0.332. The Kier molecular flexibility index (Phi) is 5.45. The molecule has 1 N–H and O–H groups in total. The Morgan fingerprint density at radius 3 is 2.31 bits per heavy atom. The van der Waals surface area contributed by atoms with Gasteiger partial charge in [-0.05, 0) is 41.8 Å². The van der Waals surface area contributed by atoms with Crippen molar-refractivity contribution in [1.29, 1.82) is 0 Å². The van der Waals surface area contributed by atoms with E-state index in [4.69, 9.17) is 11.6 Å². The molecule has 5 heteroatoms. The van der Waals surface area contributed by atoms with E-state index in [1.165, 1.54) is 0 Å². The van der Waals surface area contributed by atoms with Crippen molar-refractivity contribution in [2.45, 2.75) is 13.5 Å². The molecule has 4 nitrogen and oxygen atoms in total. The highest BCUT2D eigenvalue weighted by Crippen LogP contribution is 2.21. The van der Waals surface area contributed by atoms with E-state index in [2.05, 4.69) is 10.4 Å². The normalized spacial score (nSPS) is 10.7. The summed E-state index contributed by atoms with van der Waals surface area (Å²) >= 11 is 6.24. The zero-order chi connectivity index (χ0) is 20.2. The zero-order valence-corrected chi connectivity index (χ0v) is 16.7. The van der Waals surface area contributed by atoms with Gasteiger partial charge in [-0.25, -0.2) is 0 Å². The Bertz CT molecular complexity index is 1130. The second-order valence-electron chi connectivity index (χ2n) is 6.82. The van der Waals surface area contributed by atoms with Gasteiger partial charge in [0, 0.05) is 22.3 Å². The summed E-state index contributed by atoms with van der Waals surface area (Å²) in [5.41, 5.74) is 4.70. The molecule has 0 bridgehead atoms. The van der Waals surface area contributed by atoms with Gasteiger partial charge in [-0.15, -0.1) is 0 Å². The van der Waals surface area contributed by atoms with Crippen LogP contribution in [-0.4, -0.2) is 15.7 Å². The lowest BCUT2D eigenvalue weighted by molar-refractivity contribution is 0.102. The molecule has 0 saturated carbocycles. The molecule has 0 saturated heterocycles. The van der Waals surface area contributed by atoms with E-state index in [1.54, 1.807) is 0 Å². The lowest BCUT2D eigenvalue weighted by atomic mass is 10.0. The zero-order valence-electron chi connectivity index (χ0n) is 16.0. The average Bonchev–Trinajstić information content (AvgIpc) is 3.09. The Hall–Kier alpha value is -3.37. The Morgan fingerprint density at radius 1 is 0.931 bits per heavy atom. The molecular weight excluding hydrogens is 382 g/mol. The molecule has 1 heterocycles. The SMILES string of the molecule is Cc1cc(NC(=O)c2ccc(-c3ccccc3)cc2)nn1Cc1ccccc1Cl. The number of rotatable bonds is 5. The van der Waals surface area contributed by atoms with Crippen LogP contribution < -0.4 is 5.32 Å². The fraction of sp³-hybridized carbons (Fsp3) is 0.0833. The Balaban J connectivity index is 1.47. The smallest absolute Gasteiger partial charge is 0.256 e. The van der Waals surface area contributed by atoms with Gasteiger partial charge < -0.3 is 5.32 Å². The molecule has 0 aliphatic heterocycles. The summed E-state index contributed by atoms with van der Waals surface area (Å²) in [4.78, 5) is 12.6. The molecule has 0 radical (unpaired) electrons. The average molecular weight is 402 g/mol. The van der Waals surface area contributed by atoms with Crippen LogP contribution in [0.5, 0.6) is 0 Å². The van der Waals surface area contributed by atoms with Crippen LogP contribution in [0.15, 0.2) is 84.9 Å². The van der Waals surface area contributed by atoms with E-state index in [1.807, 2.05) is 96.5 Å². The van der Waals surface area contributed by atoms with E-state index in [-0.39, 0.29) is 5.91 Å². The van der Waals surface area contributed by atoms with Crippen molar-refractivity contribution in [2.75, 3.05) is 5.32 Å². The summed E-state index contributed by atoms with van der Waals surface area (Å²) in [6.07, 6.45) is 0. The van der Waals surface area contributed by atoms with Gasteiger partial charge in [0.05, 0.1) is 6.54 Å². The molecule has 1 aromatic heterocycles. The van der Waals surface area contributed by atoms with Crippen molar-refractivity contribution >= 4 is 23.3 Å². The van der Waals surface area contributed by atoms with Gasteiger partial charge in [0.25, 0.3) is 5.91 Å². The highest BCUT2D eigenvalue weighted by atomic mass is 35.5. The van der Waals surface area contributed by atoms with Crippen LogP contribution >= 0.6 is 11.6 Å². The number of hydrogen-bond donors (Lipinski definition) is 1. The number of nitrogens with one attached hydrogen (secondary N) is 1. The van der Waals surface area contributed by atoms with Crippen molar-refractivity contribution in [3.05, 3.63) is 107 Å². The first kappa shape index (κ1) is 19.0. The standard InChI is InChI=1S/C24H20ClN3O/c1-17-15-23(27-28(17)16-21-9-5-6-10-22(21)25)26-24(29)20-13-11-19(12-14-20)18-7-3-2-4-8-18/h2-15H,16H2,1H3,(H,26,27,29). The van der Waals surface area contributed by atoms with Crippen LogP contribution in [0.3, 0.4) is 0 Å². The van der Waals surface area contributed by atoms with E-state index in [0.717, 1.165) is 22.4 Å². The van der Waals surface area contributed by atoms with E-state index in [0.29, 0.717) is 22.9 Å². The minimum absolute atomic E-state index is 0.188. The fourth-order valence-corrected chi connectivity index (χ4v) is 3.35. The van der Waals surface area contributed by atoms with Gasteiger partial charge >= 0.3 is 0 Å². The van der Waals surface area contributed by atoms with E-state index in [9.17, 15) is 4.79 Å². The van der Waals surface area contributed by atoms with Crippen LogP contribution in [0.25, 0.3) is 11.1 Å². The number of aryl methyl sites for hydroxylation is 1. The predicted molar refractivity (Wildman–Crippen MR) is 117 cm³/mol. The van der Waals surface area contributed by atoms with Gasteiger partial charge in [0.15, 0.2) is 5.82 Å². The number of nitrogens with zero attached hydrogens (tertiary/aromatic N) is 2. The van der Waals surface area contributed by atoms with Gasteiger partial charge in [0.2, 0.25) is 0 Å². The lowest BCUT2D eigenvalue weighted by Crippen LogP contribution is -2.13. The first-order valence-corrected chi connectivity index (χ1v) is 9.72. The molecule has 4 rings (SSSR count). The molecule has 1 amide bonds.